The summed E-state index contributed by atoms with van der Waals surface area (Å²) in [6, 6.07) is 0. The number of alkyl halides is 2. The van der Waals surface area contributed by atoms with Gasteiger partial charge in [-0.1, -0.05) is 0 Å². The van der Waals surface area contributed by atoms with Crippen molar-refractivity contribution < 1.29 is 8.78 Å². The Kier molecular flexibility index (Phi) is 2.52. The van der Waals surface area contributed by atoms with Crippen molar-refractivity contribution in [2.75, 3.05) is 0 Å². The molecule has 0 spiro atoms. The maximum atomic E-state index is 12.6. The lowest BCUT2D eigenvalue weighted by molar-refractivity contribution is 0.144. The fraction of sp³-hybridized carbons (Fsp3) is 0.700. The van der Waals surface area contributed by atoms with Gasteiger partial charge in [0.2, 0.25) is 0 Å². The van der Waals surface area contributed by atoms with E-state index in [1.807, 2.05) is 6.92 Å². The van der Waals surface area contributed by atoms with Crippen LogP contribution in [0.2, 0.25) is 0 Å². The van der Waals surface area contributed by atoms with Crippen molar-refractivity contribution in [3.8, 4) is 0 Å². The van der Waals surface area contributed by atoms with Crippen LogP contribution in [0.5, 0.6) is 0 Å². The highest BCUT2D eigenvalue weighted by atomic mass is 19.3. The van der Waals surface area contributed by atoms with Gasteiger partial charge in [0.25, 0.3) is 6.43 Å². The molecule has 0 radical (unpaired) electrons. The molecule has 0 aromatic carbocycles. The molecule has 14 heavy (non-hydrogen) atoms. The number of halogens is 2. The third-order valence-corrected chi connectivity index (χ3v) is 2.79. The summed E-state index contributed by atoms with van der Waals surface area (Å²) in [4.78, 5) is 0. The van der Waals surface area contributed by atoms with Crippen LogP contribution in [-0.4, -0.2) is 9.78 Å². The van der Waals surface area contributed by atoms with Gasteiger partial charge in [0.15, 0.2) is 0 Å². The highest BCUT2D eigenvalue weighted by Crippen LogP contribution is 2.30. The zero-order valence-corrected chi connectivity index (χ0v) is 8.26. The lowest BCUT2D eigenvalue weighted by atomic mass is 9.96. The van der Waals surface area contributed by atoms with Crippen LogP contribution in [0, 0.1) is 0 Å². The molecule has 0 bridgehead atoms. The minimum absolute atomic E-state index is 0.0153. The van der Waals surface area contributed by atoms with Crippen LogP contribution >= 0.6 is 0 Å². The Balaban J connectivity index is 2.46. The van der Waals surface area contributed by atoms with E-state index in [0.717, 1.165) is 36.9 Å². The number of hydrogen-bond acceptors (Lipinski definition) is 1. The van der Waals surface area contributed by atoms with Crippen molar-refractivity contribution in [2.24, 2.45) is 0 Å². The quantitative estimate of drug-likeness (QED) is 0.717. The Hall–Kier alpha value is -0.930. The minimum Gasteiger partial charge on any atom is -0.269 e. The van der Waals surface area contributed by atoms with Gasteiger partial charge in [-0.15, -0.1) is 0 Å². The van der Waals surface area contributed by atoms with Crippen LogP contribution in [0.25, 0.3) is 0 Å². The summed E-state index contributed by atoms with van der Waals surface area (Å²) in [5, 5.41) is 3.98. The Labute approximate surface area is 81.9 Å². The number of nitrogens with zero attached hydrogens (tertiary/aromatic N) is 2. The molecule has 4 heteroatoms. The largest absolute Gasteiger partial charge is 0.282 e. The lowest BCUT2D eigenvalue weighted by Gasteiger charge is -2.13. The van der Waals surface area contributed by atoms with Crippen molar-refractivity contribution in [3.05, 3.63) is 17.0 Å². The molecule has 1 heterocycles. The summed E-state index contributed by atoms with van der Waals surface area (Å²) >= 11 is 0. The van der Waals surface area contributed by atoms with Gasteiger partial charge >= 0.3 is 0 Å². The van der Waals surface area contributed by atoms with Crippen LogP contribution in [0.15, 0.2) is 0 Å². The van der Waals surface area contributed by atoms with Gasteiger partial charge < -0.3 is 0 Å². The molecule has 1 aromatic heterocycles. The smallest absolute Gasteiger partial charge is 0.269 e. The molecule has 0 saturated carbocycles. The predicted molar refractivity (Wildman–Crippen MR) is 49.5 cm³/mol. The van der Waals surface area contributed by atoms with E-state index >= 15 is 0 Å². The van der Waals surface area contributed by atoms with Crippen molar-refractivity contribution in [1.82, 2.24) is 9.78 Å². The fourth-order valence-corrected chi connectivity index (χ4v) is 2.14. The molecule has 2 rings (SSSR count). The molecular weight excluding hydrogens is 186 g/mol. The van der Waals surface area contributed by atoms with Crippen LogP contribution < -0.4 is 0 Å². The van der Waals surface area contributed by atoms with Gasteiger partial charge in [-0.25, -0.2) is 8.78 Å². The average molecular weight is 200 g/mol. The fourth-order valence-electron chi connectivity index (χ4n) is 2.14. The second kappa shape index (κ2) is 3.67. The van der Waals surface area contributed by atoms with Crippen LogP contribution in [0.4, 0.5) is 8.78 Å². The maximum Gasteiger partial charge on any atom is 0.282 e. The van der Waals surface area contributed by atoms with E-state index in [1.165, 1.54) is 0 Å². The molecule has 0 fully saturated rings. The van der Waals surface area contributed by atoms with Gasteiger partial charge in [0.1, 0.15) is 5.69 Å². The summed E-state index contributed by atoms with van der Waals surface area (Å²) < 4.78 is 27.0. The van der Waals surface area contributed by atoms with Crippen LogP contribution in [-0.2, 0) is 19.4 Å². The number of fused-ring (bicyclic) bond motifs is 1. The van der Waals surface area contributed by atoms with Gasteiger partial charge in [-0.05, 0) is 32.6 Å². The zero-order valence-electron chi connectivity index (χ0n) is 8.26. The Morgan fingerprint density at radius 2 is 2.07 bits per heavy atom. The van der Waals surface area contributed by atoms with E-state index in [0.29, 0.717) is 6.54 Å². The SMILES string of the molecule is CCn1nc(C(F)F)c2c1CCCC2. The molecule has 0 saturated heterocycles. The summed E-state index contributed by atoms with van der Waals surface area (Å²) in [6.45, 7) is 2.63. The first kappa shape index (κ1) is 9.62. The zero-order chi connectivity index (χ0) is 10.1. The molecule has 1 aromatic rings. The summed E-state index contributed by atoms with van der Waals surface area (Å²) in [5.74, 6) is 0. The van der Waals surface area contributed by atoms with E-state index in [-0.39, 0.29) is 5.69 Å². The van der Waals surface area contributed by atoms with Crippen LogP contribution in [0.3, 0.4) is 0 Å². The minimum atomic E-state index is -2.42. The van der Waals surface area contributed by atoms with E-state index in [1.54, 1.807) is 4.68 Å². The Morgan fingerprint density at radius 3 is 2.71 bits per heavy atom. The second-order valence-electron chi connectivity index (χ2n) is 3.63. The van der Waals surface area contributed by atoms with Gasteiger partial charge in [0, 0.05) is 17.8 Å². The normalized spacial score (nSPS) is 16.0. The average Bonchev–Trinajstić information content (AvgIpc) is 2.56. The van der Waals surface area contributed by atoms with E-state index < -0.39 is 6.43 Å². The molecule has 1 aliphatic rings. The van der Waals surface area contributed by atoms with E-state index in [4.69, 9.17) is 0 Å². The highest BCUT2D eigenvalue weighted by Gasteiger charge is 2.24. The molecule has 2 nitrogen and oxygen atoms in total. The monoisotopic (exact) mass is 200 g/mol. The number of aryl methyl sites for hydroxylation is 1. The first-order chi connectivity index (χ1) is 6.74. The summed E-state index contributed by atoms with van der Waals surface area (Å²) in [7, 11) is 0. The maximum absolute atomic E-state index is 12.6. The van der Waals surface area contributed by atoms with Gasteiger partial charge in [0.05, 0.1) is 0 Å². The predicted octanol–water partition coefficient (Wildman–Crippen LogP) is 2.72. The first-order valence-corrected chi connectivity index (χ1v) is 5.10. The molecule has 0 amide bonds. The second-order valence-corrected chi connectivity index (χ2v) is 3.63. The Bertz CT molecular complexity index is 331. The molecule has 0 aliphatic heterocycles. The third kappa shape index (κ3) is 1.42. The number of aromatic nitrogens is 2. The number of rotatable bonds is 2. The first-order valence-electron chi connectivity index (χ1n) is 5.10. The third-order valence-electron chi connectivity index (χ3n) is 2.79. The molecular formula is C10H14F2N2. The standard InChI is InChI=1S/C10H14F2N2/c1-2-14-8-6-4-3-5-7(8)9(13-14)10(11)12/h10H,2-6H2,1H3. The molecule has 0 unspecified atom stereocenters. The van der Waals surface area contributed by atoms with E-state index in [2.05, 4.69) is 5.10 Å². The lowest BCUT2D eigenvalue weighted by Crippen LogP contribution is -2.08. The van der Waals surface area contributed by atoms with Crippen molar-refractivity contribution in [2.45, 2.75) is 45.6 Å². The van der Waals surface area contributed by atoms with Crippen LogP contribution in [0.1, 0.15) is 43.1 Å². The summed E-state index contributed by atoms with van der Waals surface area (Å²) in [5.41, 5.74) is 1.86. The molecule has 0 atom stereocenters. The van der Waals surface area contributed by atoms with Gasteiger partial charge in [-0.2, -0.15) is 5.10 Å². The van der Waals surface area contributed by atoms with E-state index in [9.17, 15) is 8.78 Å². The van der Waals surface area contributed by atoms with Gasteiger partial charge in [-0.3, -0.25) is 4.68 Å². The Morgan fingerprint density at radius 1 is 1.36 bits per heavy atom. The van der Waals surface area contributed by atoms with Crippen molar-refractivity contribution >= 4 is 0 Å². The molecule has 0 N–H and O–H groups in total. The molecule has 78 valence electrons. The highest BCUT2D eigenvalue weighted by molar-refractivity contribution is 5.29. The molecule has 1 aliphatic carbocycles. The number of hydrogen-bond donors (Lipinski definition) is 0. The summed E-state index contributed by atoms with van der Waals surface area (Å²) in [6.07, 6.45) is 1.37. The van der Waals surface area contributed by atoms with Crippen molar-refractivity contribution in [1.29, 1.82) is 0 Å². The topological polar surface area (TPSA) is 17.8 Å². The van der Waals surface area contributed by atoms with Crippen molar-refractivity contribution in [3.63, 3.8) is 0 Å².